The van der Waals surface area contributed by atoms with Gasteiger partial charge in [-0.25, -0.2) is 19.4 Å². The first-order valence-electron chi connectivity index (χ1n) is 10.3. The molecule has 1 amide bonds. The van der Waals surface area contributed by atoms with Gasteiger partial charge in [0.2, 0.25) is 5.91 Å². The quantitative estimate of drug-likeness (QED) is 0.241. The molecule has 4 aromatic rings. The second kappa shape index (κ2) is 10.2. The summed E-state index contributed by atoms with van der Waals surface area (Å²) in [6.07, 6.45) is 1.44. The highest BCUT2D eigenvalue weighted by Crippen LogP contribution is 2.24. The molecule has 0 radical (unpaired) electrons. The van der Waals surface area contributed by atoms with E-state index in [-0.39, 0.29) is 18.3 Å². The molecule has 0 atom stereocenters. The van der Waals surface area contributed by atoms with Crippen LogP contribution in [0.15, 0.2) is 59.9 Å². The number of nitrogens with zero attached hydrogens (tertiary/aromatic N) is 5. The van der Waals surface area contributed by atoms with E-state index in [1.807, 2.05) is 31.2 Å². The lowest BCUT2D eigenvalue weighted by molar-refractivity contribution is -0.113. The molecule has 0 spiro atoms. The maximum atomic E-state index is 12.6. The summed E-state index contributed by atoms with van der Waals surface area (Å²) in [5, 5.41) is 11.8. The summed E-state index contributed by atoms with van der Waals surface area (Å²) in [5.74, 6) is -0.687. The van der Waals surface area contributed by atoms with E-state index >= 15 is 0 Å². The number of ether oxygens (including phenoxy) is 1. The number of nitrogens with one attached hydrogen (secondary N) is 1. The Labute approximate surface area is 194 Å². The van der Waals surface area contributed by atoms with Gasteiger partial charge in [-0.15, -0.1) is 5.10 Å². The second-order valence-corrected chi connectivity index (χ2v) is 8.15. The number of benzene rings is 2. The van der Waals surface area contributed by atoms with Gasteiger partial charge in [0.05, 0.1) is 30.2 Å². The zero-order chi connectivity index (χ0) is 23.2. The van der Waals surface area contributed by atoms with E-state index in [1.165, 1.54) is 23.7 Å². The Balaban J connectivity index is 1.45. The number of carbonyl (C=O) groups excluding carboxylic acids is 2. The van der Waals surface area contributed by atoms with Crippen LogP contribution in [0, 0.1) is 6.92 Å². The van der Waals surface area contributed by atoms with Crippen LogP contribution in [-0.2, 0) is 16.1 Å². The molecule has 0 saturated carbocycles. The molecular weight excluding hydrogens is 440 g/mol. The standard InChI is InChI=1S/C23H22N6O3S/c1-3-32-23(31)17-6-4-5-7-18(17)26-19(30)13-33-22-20-21(24-14-25-22)29(28-27-20)12-16-10-8-15(2)9-11-16/h4-11,14H,3,12-13H2,1-2H3,(H,26,30). The number of fused-ring (bicyclic) bond motifs is 1. The normalized spacial score (nSPS) is 10.8. The molecule has 0 bridgehead atoms. The number of hydrogen-bond acceptors (Lipinski definition) is 8. The van der Waals surface area contributed by atoms with Gasteiger partial charge in [-0.05, 0) is 31.5 Å². The molecule has 4 rings (SSSR count). The van der Waals surface area contributed by atoms with Crippen molar-refractivity contribution in [3.8, 4) is 0 Å². The summed E-state index contributed by atoms with van der Waals surface area (Å²) in [6, 6.07) is 14.9. The summed E-state index contributed by atoms with van der Waals surface area (Å²) < 4.78 is 6.76. The molecule has 10 heteroatoms. The molecule has 2 aromatic carbocycles. The highest BCUT2D eigenvalue weighted by atomic mass is 32.2. The molecule has 0 aliphatic rings. The lowest BCUT2D eigenvalue weighted by atomic mass is 10.1. The molecule has 0 saturated heterocycles. The molecule has 0 aliphatic carbocycles. The van der Waals surface area contributed by atoms with Gasteiger partial charge < -0.3 is 10.1 Å². The van der Waals surface area contributed by atoms with E-state index in [2.05, 4.69) is 25.6 Å². The number of amides is 1. The minimum Gasteiger partial charge on any atom is -0.462 e. The van der Waals surface area contributed by atoms with E-state index in [4.69, 9.17) is 4.74 Å². The monoisotopic (exact) mass is 462 g/mol. The smallest absolute Gasteiger partial charge is 0.340 e. The van der Waals surface area contributed by atoms with E-state index in [1.54, 1.807) is 35.9 Å². The predicted molar refractivity (Wildman–Crippen MR) is 125 cm³/mol. The van der Waals surface area contributed by atoms with Crippen molar-refractivity contribution in [3.05, 3.63) is 71.5 Å². The highest BCUT2D eigenvalue weighted by molar-refractivity contribution is 8.00. The minimum atomic E-state index is -0.483. The first-order chi connectivity index (χ1) is 16.0. The van der Waals surface area contributed by atoms with Crippen molar-refractivity contribution in [2.45, 2.75) is 25.4 Å². The zero-order valence-corrected chi connectivity index (χ0v) is 19.0. The van der Waals surface area contributed by atoms with Crippen LogP contribution in [0.3, 0.4) is 0 Å². The van der Waals surface area contributed by atoms with Crippen LogP contribution >= 0.6 is 11.8 Å². The van der Waals surface area contributed by atoms with Crippen LogP contribution in [0.5, 0.6) is 0 Å². The number of esters is 1. The molecule has 33 heavy (non-hydrogen) atoms. The van der Waals surface area contributed by atoms with Gasteiger partial charge in [0.1, 0.15) is 11.4 Å². The number of hydrogen-bond donors (Lipinski definition) is 1. The van der Waals surface area contributed by atoms with E-state index in [9.17, 15) is 9.59 Å². The fraction of sp³-hybridized carbons (Fsp3) is 0.217. The Kier molecular flexibility index (Phi) is 6.94. The van der Waals surface area contributed by atoms with Crippen molar-refractivity contribution >= 4 is 40.5 Å². The summed E-state index contributed by atoms with van der Waals surface area (Å²) in [5.41, 5.74) is 4.11. The number of thioether (sulfide) groups is 1. The Hall–Kier alpha value is -3.79. The third-order valence-corrected chi connectivity index (χ3v) is 5.73. The lowest BCUT2D eigenvalue weighted by Gasteiger charge is -2.10. The molecule has 9 nitrogen and oxygen atoms in total. The number of anilines is 1. The van der Waals surface area contributed by atoms with Gasteiger partial charge in [-0.2, -0.15) is 0 Å². The van der Waals surface area contributed by atoms with Crippen LogP contribution in [0.2, 0.25) is 0 Å². The summed E-state index contributed by atoms with van der Waals surface area (Å²) in [4.78, 5) is 33.3. The average Bonchev–Trinajstić information content (AvgIpc) is 3.23. The van der Waals surface area contributed by atoms with Gasteiger partial charge in [-0.3, -0.25) is 4.79 Å². The second-order valence-electron chi connectivity index (χ2n) is 7.19. The van der Waals surface area contributed by atoms with Gasteiger partial charge in [-0.1, -0.05) is 58.9 Å². The maximum absolute atomic E-state index is 12.6. The van der Waals surface area contributed by atoms with Crippen LogP contribution in [0.4, 0.5) is 5.69 Å². The predicted octanol–water partition coefficient (Wildman–Crippen LogP) is 3.49. The molecule has 0 unspecified atom stereocenters. The average molecular weight is 463 g/mol. The van der Waals surface area contributed by atoms with Crippen molar-refractivity contribution in [2.24, 2.45) is 0 Å². The van der Waals surface area contributed by atoms with E-state index < -0.39 is 5.97 Å². The van der Waals surface area contributed by atoms with Gasteiger partial charge in [0, 0.05) is 0 Å². The Morgan fingerprint density at radius 2 is 1.88 bits per heavy atom. The number of carbonyl (C=O) groups is 2. The van der Waals surface area contributed by atoms with Gasteiger partial charge in [0.15, 0.2) is 11.2 Å². The highest BCUT2D eigenvalue weighted by Gasteiger charge is 2.16. The summed E-state index contributed by atoms with van der Waals surface area (Å²) in [7, 11) is 0. The SMILES string of the molecule is CCOC(=O)c1ccccc1NC(=O)CSc1ncnc2c1nnn2Cc1ccc(C)cc1. The Bertz CT molecular complexity index is 1290. The van der Waals surface area contributed by atoms with E-state index in [0.29, 0.717) is 34.0 Å². The molecule has 2 aromatic heterocycles. The molecule has 0 fully saturated rings. The fourth-order valence-corrected chi connectivity index (χ4v) is 3.88. The molecule has 0 aliphatic heterocycles. The molecule has 168 valence electrons. The first-order valence-corrected chi connectivity index (χ1v) is 11.3. The van der Waals surface area contributed by atoms with Gasteiger partial charge >= 0.3 is 5.97 Å². The van der Waals surface area contributed by atoms with Crippen molar-refractivity contribution in [1.82, 2.24) is 25.0 Å². The molecule has 1 N–H and O–H groups in total. The van der Waals surface area contributed by atoms with E-state index in [0.717, 1.165) is 5.56 Å². The third kappa shape index (κ3) is 5.35. The largest absolute Gasteiger partial charge is 0.462 e. The topological polar surface area (TPSA) is 112 Å². The number of aromatic nitrogens is 5. The molecule has 2 heterocycles. The van der Waals surface area contributed by atoms with Gasteiger partial charge in [0.25, 0.3) is 0 Å². The first kappa shape index (κ1) is 22.4. The lowest BCUT2D eigenvalue weighted by Crippen LogP contribution is -2.17. The van der Waals surface area contributed by atoms with Crippen molar-refractivity contribution in [1.29, 1.82) is 0 Å². The maximum Gasteiger partial charge on any atom is 0.340 e. The van der Waals surface area contributed by atoms with Crippen LogP contribution in [-0.4, -0.2) is 49.2 Å². The fourth-order valence-electron chi connectivity index (χ4n) is 3.15. The van der Waals surface area contributed by atoms with Crippen LogP contribution in [0.1, 0.15) is 28.4 Å². The Morgan fingerprint density at radius 1 is 1.09 bits per heavy atom. The van der Waals surface area contributed by atoms with Crippen molar-refractivity contribution in [2.75, 3.05) is 17.7 Å². The number of rotatable bonds is 8. The van der Waals surface area contributed by atoms with Crippen molar-refractivity contribution in [3.63, 3.8) is 0 Å². The zero-order valence-electron chi connectivity index (χ0n) is 18.2. The molecular formula is C23H22N6O3S. The summed E-state index contributed by atoms with van der Waals surface area (Å²) in [6.45, 7) is 4.56. The Morgan fingerprint density at radius 3 is 2.67 bits per heavy atom. The minimum absolute atomic E-state index is 0.0775. The van der Waals surface area contributed by atoms with Crippen molar-refractivity contribution < 1.29 is 14.3 Å². The third-order valence-electron chi connectivity index (χ3n) is 4.76. The number of aryl methyl sites for hydroxylation is 1. The number of para-hydroxylation sites is 1. The van der Waals surface area contributed by atoms with Crippen LogP contribution < -0.4 is 5.32 Å². The summed E-state index contributed by atoms with van der Waals surface area (Å²) >= 11 is 1.23. The van der Waals surface area contributed by atoms with Crippen LogP contribution in [0.25, 0.3) is 11.2 Å².